The first kappa shape index (κ1) is 18.3. The fourth-order valence-corrected chi connectivity index (χ4v) is 3.15. The lowest BCUT2D eigenvalue weighted by molar-refractivity contribution is 0.245. The molecular formula is C22H28N2O2. The molecule has 2 aromatic carbocycles. The number of carbonyl (C=O) groups is 1. The molecule has 2 amide bonds. The predicted molar refractivity (Wildman–Crippen MR) is 106 cm³/mol. The van der Waals surface area contributed by atoms with Crippen LogP contribution in [0.25, 0.3) is 0 Å². The van der Waals surface area contributed by atoms with Crippen molar-refractivity contribution in [3.8, 4) is 5.75 Å². The lowest BCUT2D eigenvalue weighted by Gasteiger charge is -2.19. The molecule has 1 heterocycles. The van der Waals surface area contributed by atoms with Crippen LogP contribution in [0, 0.1) is 0 Å². The highest BCUT2D eigenvalue weighted by atomic mass is 16.5. The van der Waals surface area contributed by atoms with Gasteiger partial charge in [0.15, 0.2) is 0 Å². The van der Waals surface area contributed by atoms with Crippen LogP contribution in [0.1, 0.15) is 38.3 Å². The molecule has 0 atom stereocenters. The maximum atomic E-state index is 12.3. The fraction of sp³-hybridized carbons (Fsp3) is 0.409. The molecule has 0 saturated carbocycles. The molecule has 0 bridgehead atoms. The van der Waals surface area contributed by atoms with Crippen LogP contribution in [0.15, 0.2) is 48.5 Å². The van der Waals surface area contributed by atoms with E-state index in [2.05, 4.69) is 44.3 Å². The zero-order valence-electron chi connectivity index (χ0n) is 15.9. The van der Waals surface area contributed by atoms with E-state index in [1.165, 1.54) is 11.1 Å². The summed E-state index contributed by atoms with van der Waals surface area (Å²) < 4.78 is 5.77. The van der Waals surface area contributed by atoms with Gasteiger partial charge in [-0.3, -0.25) is 4.90 Å². The quantitative estimate of drug-likeness (QED) is 0.804. The molecule has 1 N–H and O–H groups in total. The van der Waals surface area contributed by atoms with Crippen LogP contribution in [0.4, 0.5) is 10.5 Å². The van der Waals surface area contributed by atoms with Crippen molar-refractivity contribution in [1.82, 2.24) is 5.32 Å². The molecule has 1 aliphatic rings. The third-order valence-corrected chi connectivity index (χ3v) is 4.72. The molecule has 0 aliphatic carbocycles. The smallest absolute Gasteiger partial charge is 0.321 e. The van der Waals surface area contributed by atoms with Crippen molar-refractivity contribution >= 4 is 11.7 Å². The Morgan fingerprint density at radius 3 is 2.58 bits per heavy atom. The topological polar surface area (TPSA) is 41.6 Å². The van der Waals surface area contributed by atoms with Gasteiger partial charge in [0.1, 0.15) is 5.75 Å². The lowest BCUT2D eigenvalue weighted by Crippen LogP contribution is -2.39. The summed E-state index contributed by atoms with van der Waals surface area (Å²) in [7, 11) is 0. The Morgan fingerprint density at radius 2 is 1.85 bits per heavy atom. The second-order valence-corrected chi connectivity index (χ2v) is 7.74. The largest absolute Gasteiger partial charge is 0.494 e. The van der Waals surface area contributed by atoms with E-state index >= 15 is 0 Å². The molecule has 3 rings (SSSR count). The highest BCUT2D eigenvalue weighted by molar-refractivity contribution is 5.94. The van der Waals surface area contributed by atoms with Crippen LogP contribution in [0.5, 0.6) is 5.75 Å². The molecule has 138 valence electrons. The van der Waals surface area contributed by atoms with Crippen molar-refractivity contribution in [3.63, 3.8) is 0 Å². The van der Waals surface area contributed by atoms with E-state index in [-0.39, 0.29) is 11.4 Å². The molecule has 2 aromatic rings. The summed E-state index contributed by atoms with van der Waals surface area (Å²) in [5.74, 6) is 0.873. The van der Waals surface area contributed by atoms with Gasteiger partial charge in [0.05, 0.1) is 6.61 Å². The van der Waals surface area contributed by atoms with Gasteiger partial charge in [-0.2, -0.15) is 0 Å². The predicted octanol–water partition coefficient (Wildman–Crippen LogP) is 4.53. The van der Waals surface area contributed by atoms with Gasteiger partial charge in [0, 0.05) is 18.8 Å². The number of fused-ring (bicyclic) bond motifs is 1. The van der Waals surface area contributed by atoms with Gasteiger partial charge < -0.3 is 10.1 Å². The molecule has 0 aromatic heterocycles. The Kier molecular flexibility index (Phi) is 5.50. The van der Waals surface area contributed by atoms with Crippen LogP contribution >= 0.6 is 0 Å². The minimum atomic E-state index is -0.0236. The van der Waals surface area contributed by atoms with E-state index in [1.54, 1.807) is 0 Å². The Balaban J connectivity index is 1.39. The highest BCUT2D eigenvalue weighted by Crippen LogP contribution is 2.27. The van der Waals surface area contributed by atoms with Crippen molar-refractivity contribution in [2.75, 3.05) is 24.6 Å². The highest BCUT2D eigenvalue weighted by Gasteiger charge is 2.23. The maximum Gasteiger partial charge on any atom is 0.321 e. The average Bonchev–Trinajstić information content (AvgIpc) is 3.05. The second-order valence-electron chi connectivity index (χ2n) is 7.74. The van der Waals surface area contributed by atoms with Gasteiger partial charge in [-0.1, -0.05) is 51.1 Å². The van der Waals surface area contributed by atoms with Crippen LogP contribution < -0.4 is 15.0 Å². The molecule has 0 unspecified atom stereocenters. The minimum Gasteiger partial charge on any atom is -0.494 e. The Bertz CT molecular complexity index is 747. The monoisotopic (exact) mass is 352 g/mol. The Hall–Kier alpha value is -2.49. The third kappa shape index (κ3) is 4.37. The van der Waals surface area contributed by atoms with E-state index in [0.29, 0.717) is 13.2 Å². The van der Waals surface area contributed by atoms with E-state index in [0.717, 1.165) is 30.8 Å². The summed E-state index contributed by atoms with van der Waals surface area (Å²) in [5.41, 5.74) is 3.71. The molecule has 0 spiro atoms. The maximum absolute atomic E-state index is 12.3. The summed E-state index contributed by atoms with van der Waals surface area (Å²) in [6.07, 6.45) is 1.71. The first-order valence-corrected chi connectivity index (χ1v) is 9.32. The minimum absolute atomic E-state index is 0.0236. The number of urea groups is 1. The van der Waals surface area contributed by atoms with Gasteiger partial charge in [-0.05, 0) is 47.6 Å². The molecular weight excluding hydrogens is 324 g/mol. The molecule has 1 aliphatic heterocycles. The van der Waals surface area contributed by atoms with Gasteiger partial charge in [-0.25, -0.2) is 4.79 Å². The van der Waals surface area contributed by atoms with Gasteiger partial charge >= 0.3 is 6.03 Å². The average molecular weight is 352 g/mol. The fourth-order valence-electron chi connectivity index (χ4n) is 3.15. The third-order valence-electron chi connectivity index (χ3n) is 4.72. The van der Waals surface area contributed by atoms with Crippen LogP contribution in [0.2, 0.25) is 0 Å². The summed E-state index contributed by atoms with van der Waals surface area (Å²) in [6, 6.07) is 16.3. The summed E-state index contributed by atoms with van der Waals surface area (Å²) in [4.78, 5) is 14.2. The number of benzene rings is 2. The van der Waals surface area contributed by atoms with E-state index in [1.807, 2.05) is 35.2 Å². The standard InChI is InChI=1S/C22H28N2O2/c1-22(2,3)18-9-11-19(12-10-18)26-16-6-14-23-21(25)24-15-13-17-7-4-5-8-20(17)24/h4-5,7-12H,6,13-16H2,1-3H3,(H,23,25). The van der Waals surface area contributed by atoms with Crippen molar-refractivity contribution in [1.29, 1.82) is 0 Å². The van der Waals surface area contributed by atoms with Gasteiger partial charge in [0.25, 0.3) is 0 Å². The van der Waals surface area contributed by atoms with Gasteiger partial charge in [0.2, 0.25) is 0 Å². The Morgan fingerprint density at radius 1 is 1.12 bits per heavy atom. The Labute approximate surface area is 156 Å². The SMILES string of the molecule is CC(C)(C)c1ccc(OCCCNC(=O)N2CCc3ccccc32)cc1. The lowest BCUT2D eigenvalue weighted by atomic mass is 9.87. The first-order valence-electron chi connectivity index (χ1n) is 9.32. The number of para-hydroxylation sites is 1. The van der Waals surface area contributed by atoms with Crippen molar-refractivity contribution in [2.24, 2.45) is 0 Å². The number of hydrogen-bond acceptors (Lipinski definition) is 2. The van der Waals surface area contributed by atoms with Crippen molar-refractivity contribution in [2.45, 2.75) is 39.0 Å². The zero-order valence-corrected chi connectivity index (χ0v) is 15.9. The second kappa shape index (κ2) is 7.81. The summed E-state index contributed by atoms with van der Waals surface area (Å²) in [6.45, 7) is 8.55. The molecule has 4 heteroatoms. The number of amides is 2. The van der Waals surface area contributed by atoms with E-state index in [4.69, 9.17) is 4.74 Å². The van der Waals surface area contributed by atoms with Crippen molar-refractivity contribution < 1.29 is 9.53 Å². The molecule has 0 fully saturated rings. The van der Waals surface area contributed by atoms with Crippen molar-refractivity contribution in [3.05, 3.63) is 59.7 Å². The molecule has 0 saturated heterocycles. The summed E-state index contributed by atoms with van der Waals surface area (Å²) >= 11 is 0. The van der Waals surface area contributed by atoms with Crippen LogP contribution in [-0.2, 0) is 11.8 Å². The molecule has 4 nitrogen and oxygen atoms in total. The van der Waals surface area contributed by atoms with E-state index < -0.39 is 0 Å². The number of hydrogen-bond donors (Lipinski definition) is 1. The number of rotatable bonds is 5. The molecule has 0 radical (unpaired) electrons. The number of nitrogens with one attached hydrogen (secondary N) is 1. The molecule has 26 heavy (non-hydrogen) atoms. The number of carbonyl (C=O) groups excluding carboxylic acids is 1. The number of nitrogens with zero attached hydrogens (tertiary/aromatic N) is 1. The number of ether oxygens (including phenoxy) is 1. The van der Waals surface area contributed by atoms with Crippen LogP contribution in [0.3, 0.4) is 0 Å². The van der Waals surface area contributed by atoms with Crippen LogP contribution in [-0.4, -0.2) is 25.7 Å². The number of anilines is 1. The summed E-state index contributed by atoms with van der Waals surface area (Å²) in [5, 5.41) is 2.99. The van der Waals surface area contributed by atoms with E-state index in [9.17, 15) is 4.79 Å². The normalized spacial score (nSPS) is 13.4. The first-order chi connectivity index (χ1) is 12.4. The van der Waals surface area contributed by atoms with Gasteiger partial charge in [-0.15, -0.1) is 0 Å². The zero-order chi connectivity index (χ0) is 18.6.